The number of rotatable bonds is 7. The lowest BCUT2D eigenvalue weighted by atomic mass is 10.1. The summed E-state index contributed by atoms with van der Waals surface area (Å²) in [5.74, 6) is 0.0723. The Hall–Kier alpha value is -2.24. The highest BCUT2D eigenvalue weighted by Gasteiger charge is 2.14. The van der Waals surface area contributed by atoms with Crippen LogP contribution in [0.5, 0.6) is 11.5 Å². The third-order valence-electron chi connectivity index (χ3n) is 3.40. The number of fused-ring (bicyclic) bond motifs is 1. The highest BCUT2D eigenvalue weighted by atomic mass is 16.7. The Kier molecular flexibility index (Phi) is 5.03. The molecule has 0 radical (unpaired) electrons. The molecule has 1 heterocycles. The summed E-state index contributed by atoms with van der Waals surface area (Å²) in [7, 11) is 0. The van der Waals surface area contributed by atoms with E-state index in [2.05, 4.69) is 5.32 Å². The van der Waals surface area contributed by atoms with Crippen LogP contribution < -0.4 is 14.8 Å². The van der Waals surface area contributed by atoms with Crippen LogP contribution >= 0.6 is 0 Å². The van der Waals surface area contributed by atoms with E-state index in [0.29, 0.717) is 31.6 Å². The van der Waals surface area contributed by atoms with Gasteiger partial charge in [0.05, 0.1) is 5.92 Å². The second kappa shape index (κ2) is 6.97. The molecule has 1 aromatic carbocycles. The van der Waals surface area contributed by atoms with Crippen LogP contribution in [0, 0.1) is 5.92 Å². The van der Waals surface area contributed by atoms with E-state index in [-0.39, 0.29) is 12.7 Å². The molecule has 0 fully saturated rings. The molecule has 1 unspecified atom stereocenters. The van der Waals surface area contributed by atoms with Crippen molar-refractivity contribution in [3.05, 3.63) is 23.8 Å². The van der Waals surface area contributed by atoms with Crippen molar-refractivity contribution in [1.29, 1.82) is 0 Å². The molecule has 1 aliphatic rings. The standard InChI is InChI=1S/C15H19NO5/c1-10(15(18)19)6-7-16-14(17)5-3-11-2-4-12-13(8-11)21-9-20-12/h2,4,8,10H,3,5-7,9H2,1H3,(H,16,17)(H,18,19). The number of hydrogen-bond acceptors (Lipinski definition) is 4. The fraction of sp³-hybridized carbons (Fsp3) is 0.467. The van der Waals surface area contributed by atoms with E-state index in [9.17, 15) is 9.59 Å². The number of benzene rings is 1. The number of nitrogens with one attached hydrogen (secondary N) is 1. The SMILES string of the molecule is CC(CCNC(=O)CCc1ccc2c(c1)OCO2)C(=O)O. The molecule has 1 aromatic rings. The van der Waals surface area contributed by atoms with Gasteiger partial charge < -0.3 is 19.9 Å². The molecule has 0 aliphatic carbocycles. The Morgan fingerprint density at radius 2 is 2.10 bits per heavy atom. The highest BCUT2D eigenvalue weighted by Crippen LogP contribution is 2.32. The quantitative estimate of drug-likeness (QED) is 0.797. The van der Waals surface area contributed by atoms with E-state index in [1.807, 2.05) is 18.2 Å². The van der Waals surface area contributed by atoms with Crippen LogP contribution in [0.4, 0.5) is 0 Å². The largest absolute Gasteiger partial charge is 0.481 e. The predicted molar refractivity (Wildman–Crippen MR) is 75.3 cm³/mol. The lowest BCUT2D eigenvalue weighted by Gasteiger charge is -2.08. The van der Waals surface area contributed by atoms with Crippen LogP contribution in [0.15, 0.2) is 18.2 Å². The van der Waals surface area contributed by atoms with Crippen molar-refractivity contribution in [3.63, 3.8) is 0 Å². The maximum atomic E-state index is 11.7. The molecule has 0 saturated heterocycles. The summed E-state index contributed by atoms with van der Waals surface area (Å²) in [5, 5.41) is 11.5. The van der Waals surface area contributed by atoms with Crippen LogP contribution in [-0.4, -0.2) is 30.3 Å². The third kappa shape index (κ3) is 4.37. The number of ether oxygens (including phenoxy) is 2. The van der Waals surface area contributed by atoms with Gasteiger partial charge in [-0.15, -0.1) is 0 Å². The van der Waals surface area contributed by atoms with E-state index >= 15 is 0 Å². The number of amides is 1. The molecule has 0 bridgehead atoms. The van der Waals surface area contributed by atoms with Crippen LogP contribution in [-0.2, 0) is 16.0 Å². The average Bonchev–Trinajstić information content (AvgIpc) is 2.92. The topological polar surface area (TPSA) is 84.9 Å². The summed E-state index contributed by atoms with van der Waals surface area (Å²) in [6, 6.07) is 5.62. The summed E-state index contributed by atoms with van der Waals surface area (Å²) in [4.78, 5) is 22.3. The molecular weight excluding hydrogens is 274 g/mol. The van der Waals surface area contributed by atoms with Crippen molar-refractivity contribution in [3.8, 4) is 11.5 Å². The molecule has 114 valence electrons. The molecule has 6 heteroatoms. The predicted octanol–water partition coefficient (Wildman–Crippen LogP) is 1.57. The average molecular weight is 293 g/mol. The normalized spacial score (nSPS) is 13.8. The van der Waals surface area contributed by atoms with Gasteiger partial charge >= 0.3 is 5.97 Å². The molecule has 0 saturated carbocycles. The Morgan fingerprint density at radius 1 is 1.33 bits per heavy atom. The Bertz CT molecular complexity index is 529. The molecule has 2 N–H and O–H groups in total. The smallest absolute Gasteiger partial charge is 0.306 e. The van der Waals surface area contributed by atoms with Crippen LogP contribution in [0.25, 0.3) is 0 Å². The monoisotopic (exact) mass is 293 g/mol. The number of hydrogen-bond donors (Lipinski definition) is 2. The lowest BCUT2D eigenvalue weighted by Crippen LogP contribution is -2.27. The number of carbonyl (C=O) groups is 2. The minimum Gasteiger partial charge on any atom is -0.481 e. The van der Waals surface area contributed by atoms with E-state index in [0.717, 1.165) is 11.3 Å². The van der Waals surface area contributed by atoms with E-state index in [4.69, 9.17) is 14.6 Å². The van der Waals surface area contributed by atoms with Gasteiger partial charge in [0.25, 0.3) is 0 Å². The Labute approximate surface area is 123 Å². The first-order chi connectivity index (χ1) is 10.1. The van der Waals surface area contributed by atoms with Crippen LogP contribution in [0.3, 0.4) is 0 Å². The summed E-state index contributed by atoms with van der Waals surface area (Å²) in [6.45, 7) is 2.25. The van der Waals surface area contributed by atoms with Crippen LogP contribution in [0.1, 0.15) is 25.3 Å². The lowest BCUT2D eigenvalue weighted by molar-refractivity contribution is -0.141. The van der Waals surface area contributed by atoms with Gasteiger partial charge in [0.15, 0.2) is 11.5 Å². The van der Waals surface area contributed by atoms with E-state index in [1.165, 1.54) is 0 Å². The number of carboxylic acid groups (broad SMARTS) is 1. The molecule has 0 aromatic heterocycles. The first-order valence-electron chi connectivity index (χ1n) is 6.94. The van der Waals surface area contributed by atoms with Gasteiger partial charge in [0.1, 0.15) is 0 Å². The fourth-order valence-electron chi connectivity index (χ4n) is 1.99. The summed E-state index contributed by atoms with van der Waals surface area (Å²) in [6.07, 6.45) is 1.41. The van der Waals surface area contributed by atoms with Crippen molar-refractivity contribution in [1.82, 2.24) is 5.32 Å². The van der Waals surface area contributed by atoms with Crippen molar-refractivity contribution < 1.29 is 24.2 Å². The molecule has 1 atom stereocenters. The number of aryl methyl sites for hydroxylation is 1. The number of aliphatic carboxylic acids is 1. The van der Waals surface area contributed by atoms with Gasteiger partial charge in [-0.2, -0.15) is 0 Å². The Morgan fingerprint density at radius 3 is 2.86 bits per heavy atom. The number of carboxylic acids is 1. The minimum absolute atomic E-state index is 0.0785. The third-order valence-corrected chi connectivity index (χ3v) is 3.40. The fourth-order valence-corrected chi connectivity index (χ4v) is 1.99. The van der Waals surface area contributed by atoms with Crippen molar-refractivity contribution in [2.45, 2.75) is 26.2 Å². The van der Waals surface area contributed by atoms with Crippen LogP contribution in [0.2, 0.25) is 0 Å². The van der Waals surface area contributed by atoms with E-state index in [1.54, 1.807) is 6.92 Å². The molecule has 0 spiro atoms. The second-order valence-corrected chi connectivity index (χ2v) is 5.07. The highest BCUT2D eigenvalue weighted by molar-refractivity contribution is 5.76. The Balaban J connectivity index is 1.70. The van der Waals surface area contributed by atoms with Gasteiger partial charge in [-0.05, 0) is 30.5 Å². The first kappa shape index (κ1) is 15.2. The second-order valence-electron chi connectivity index (χ2n) is 5.07. The zero-order valence-corrected chi connectivity index (χ0v) is 11.9. The molecule has 21 heavy (non-hydrogen) atoms. The molecule has 6 nitrogen and oxygen atoms in total. The maximum Gasteiger partial charge on any atom is 0.306 e. The van der Waals surface area contributed by atoms with Crippen molar-refractivity contribution in [2.75, 3.05) is 13.3 Å². The summed E-state index contributed by atoms with van der Waals surface area (Å²) >= 11 is 0. The first-order valence-corrected chi connectivity index (χ1v) is 6.94. The van der Waals surface area contributed by atoms with E-state index < -0.39 is 11.9 Å². The summed E-state index contributed by atoms with van der Waals surface area (Å²) < 4.78 is 10.5. The zero-order chi connectivity index (χ0) is 15.2. The summed E-state index contributed by atoms with van der Waals surface area (Å²) in [5.41, 5.74) is 1.01. The molecule has 2 rings (SSSR count). The number of carbonyl (C=O) groups excluding carboxylic acids is 1. The van der Waals surface area contributed by atoms with Gasteiger partial charge in [-0.25, -0.2) is 0 Å². The maximum absolute atomic E-state index is 11.7. The molecule has 1 aliphatic heterocycles. The minimum atomic E-state index is -0.843. The van der Waals surface area contributed by atoms with Crippen molar-refractivity contribution in [2.24, 2.45) is 5.92 Å². The van der Waals surface area contributed by atoms with Crippen molar-refractivity contribution >= 4 is 11.9 Å². The van der Waals surface area contributed by atoms with Gasteiger partial charge in [-0.1, -0.05) is 13.0 Å². The van der Waals surface area contributed by atoms with Gasteiger partial charge in [0, 0.05) is 13.0 Å². The molecular formula is C15H19NO5. The molecule has 1 amide bonds. The van der Waals surface area contributed by atoms with Gasteiger partial charge in [0.2, 0.25) is 12.7 Å². The van der Waals surface area contributed by atoms with Gasteiger partial charge in [-0.3, -0.25) is 9.59 Å². The zero-order valence-electron chi connectivity index (χ0n) is 11.9.